The first kappa shape index (κ1) is 14.1. The molecule has 1 aliphatic rings. The van der Waals surface area contributed by atoms with Gasteiger partial charge < -0.3 is 0 Å². The van der Waals surface area contributed by atoms with E-state index in [9.17, 15) is 8.78 Å². The zero-order valence-corrected chi connectivity index (χ0v) is 12.4. The van der Waals surface area contributed by atoms with Crippen LogP contribution in [0, 0.1) is 0 Å². The summed E-state index contributed by atoms with van der Waals surface area (Å²) in [5.74, 6) is -2.73. The molecular formula is C20H15F2N. The summed E-state index contributed by atoms with van der Waals surface area (Å²) in [4.78, 5) is 4.44. The maximum Gasteiger partial charge on any atom is 0.264 e. The maximum atomic E-state index is 14.1. The van der Waals surface area contributed by atoms with Crippen molar-refractivity contribution in [1.82, 2.24) is 0 Å². The Hall–Kier alpha value is -2.55. The molecule has 0 aliphatic heterocycles. The first-order chi connectivity index (χ1) is 11.1. The second-order valence-corrected chi connectivity index (χ2v) is 5.98. The predicted molar refractivity (Wildman–Crippen MR) is 89.8 cm³/mol. The highest BCUT2D eigenvalue weighted by Gasteiger charge is 2.71. The standard InChI is InChI=1S/C20H15F2N/c21-20(22)13-19(20,16-9-2-1-3-10-16)14-23-18-12-6-8-15-7-4-5-11-17(15)18/h1-12,14H,13H2. The van der Waals surface area contributed by atoms with Gasteiger partial charge in [-0.1, -0.05) is 66.7 Å². The molecule has 0 bridgehead atoms. The lowest BCUT2D eigenvalue weighted by molar-refractivity contribution is 0.103. The van der Waals surface area contributed by atoms with E-state index in [4.69, 9.17) is 0 Å². The Balaban J connectivity index is 1.77. The van der Waals surface area contributed by atoms with Crippen LogP contribution in [0.4, 0.5) is 14.5 Å². The Morgan fingerprint density at radius 2 is 1.48 bits per heavy atom. The van der Waals surface area contributed by atoms with Crippen molar-refractivity contribution in [2.75, 3.05) is 0 Å². The third kappa shape index (κ3) is 2.24. The fourth-order valence-corrected chi connectivity index (χ4v) is 3.07. The molecule has 0 radical (unpaired) electrons. The monoisotopic (exact) mass is 307 g/mol. The predicted octanol–water partition coefficient (Wildman–Crippen LogP) is 5.52. The average molecular weight is 307 g/mol. The van der Waals surface area contributed by atoms with Gasteiger partial charge >= 0.3 is 0 Å². The lowest BCUT2D eigenvalue weighted by atomic mass is 9.96. The average Bonchev–Trinajstić information content (AvgIpc) is 3.16. The van der Waals surface area contributed by atoms with Crippen LogP contribution >= 0.6 is 0 Å². The summed E-state index contributed by atoms with van der Waals surface area (Å²) in [5.41, 5.74) is 0.0701. The molecule has 1 unspecified atom stereocenters. The minimum Gasteiger partial charge on any atom is -0.259 e. The first-order valence-electron chi connectivity index (χ1n) is 7.59. The van der Waals surface area contributed by atoms with Gasteiger partial charge in [0.05, 0.1) is 11.1 Å². The normalized spacial score (nSPS) is 22.5. The number of nitrogens with zero attached hydrogens (tertiary/aromatic N) is 1. The van der Waals surface area contributed by atoms with Crippen molar-refractivity contribution >= 4 is 22.7 Å². The largest absolute Gasteiger partial charge is 0.264 e. The molecule has 1 aliphatic carbocycles. The summed E-state index contributed by atoms with van der Waals surface area (Å²) in [6.45, 7) is 0. The molecule has 0 spiro atoms. The molecule has 4 rings (SSSR count). The second kappa shape index (κ2) is 4.98. The van der Waals surface area contributed by atoms with Crippen LogP contribution in [0.25, 0.3) is 10.8 Å². The highest BCUT2D eigenvalue weighted by Crippen LogP contribution is 2.60. The van der Waals surface area contributed by atoms with Crippen LogP contribution in [-0.4, -0.2) is 12.1 Å². The number of halogens is 2. The number of rotatable bonds is 3. The summed E-state index contributed by atoms with van der Waals surface area (Å²) >= 11 is 0. The first-order valence-corrected chi connectivity index (χ1v) is 7.59. The van der Waals surface area contributed by atoms with Crippen molar-refractivity contribution in [3.63, 3.8) is 0 Å². The Bertz CT molecular complexity index is 881. The molecule has 1 nitrogen and oxygen atoms in total. The quantitative estimate of drug-likeness (QED) is 0.565. The van der Waals surface area contributed by atoms with Crippen LogP contribution in [-0.2, 0) is 5.41 Å². The number of hydrogen-bond acceptors (Lipinski definition) is 1. The molecule has 3 aromatic carbocycles. The lowest BCUT2D eigenvalue weighted by Gasteiger charge is -2.11. The molecule has 0 amide bonds. The molecule has 114 valence electrons. The van der Waals surface area contributed by atoms with Gasteiger partial charge in [-0.25, -0.2) is 8.78 Å². The molecule has 0 aromatic heterocycles. The second-order valence-electron chi connectivity index (χ2n) is 5.98. The van der Waals surface area contributed by atoms with Crippen molar-refractivity contribution < 1.29 is 8.78 Å². The number of fused-ring (bicyclic) bond motifs is 1. The number of alkyl halides is 2. The van der Waals surface area contributed by atoms with Gasteiger partial charge in [-0.3, -0.25) is 4.99 Å². The van der Waals surface area contributed by atoms with Gasteiger partial charge in [-0.2, -0.15) is 0 Å². The molecule has 1 fully saturated rings. The zero-order chi connectivity index (χ0) is 15.9. The summed E-state index contributed by atoms with van der Waals surface area (Å²) in [6.07, 6.45) is 1.25. The Labute approximate surface area is 133 Å². The molecular weight excluding hydrogens is 292 g/mol. The number of aliphatic imine (C=N–C) groups is 1. The summed E-state index contributed by atoms with van der Waals surface area (Å²) < 4.78 is 28.1. The van der Waals surface area contributed by atoms with Gasteiger partial charge in [-0.15, -0.1) is 0 Å². The van der Waals surface area contributed by atoms with E-state index in [0.717, 1.165) is 16.5 Å². The third-order valence-corrected chi connectivity index (χ3v) is 4.51. The fraction of sp³-hybridized carbons (Fsp3) is 0.150. The molecule has 1 atom stereocenters. The van der Waals surface area contributed by atoms with Crippen molar-refractivity contribution in [3.8, 4) is 0 Å². The maximum absolute atomic E-state index is 14.1. The summed E-state index contributed by atoms with van der Waals surface area (Å²) in [7, 11) is 0. The van der Waals surface area contributed by atoms with Crippen LogP contribution in [0.15, 0.2) is 77.8 Å². The van der Waals surface area contributed by atoms with Gasteiger partial charge in [0, 0.05) is 18.0 Å². The van der Waals surface area contributed by atoms with E-state index in [1.165, 1.54) is 6.21 Å². The molecule has 0 heterocycles. The molecule has 3 aromatic rings. The Morgan fingerprint density at radius 1 is 0.826 bits per heavy atom. The van der Waals surface area contributed by atoms with Crippen molar-refractivity contribution in [2.24, 2.45) is 4.99 Å². The van der Waals surface area contributed by atoms with Crippen LogP contribution in [0.1, 0.15) is 12.0 Å². The van der Waals surface area contributed by atoms with E-state index in [2.05, 4.69) is 4.99 Å². The van der Waals surface area contributed by atoms with E-state index in [-0.39, 0.29) is 6.42 Å². The molecule has 3 heteroatoms. The minimum atomic E-state index is -2.73. The van der Waals surface area contributed by atoms with Crippen molar-refractivity contribution in [3.05, 3.63) is 78.4 Å². The topological polar surface area (TPSA) is 12.4 Å². The smallest absolute Gasteiger partial charge is 0.259 e. The Kier molecular flexibility index (Phi) is 3.05. The van der Waals surface area contributed by atoms with E-state index in [1.54, 1.807) is 24.3 Å². The van der Waals surface area contributed by atoms with Crippen LogP contribution < -0.4 is 0 Å². The molecule has 1 saturated carbocycles. The van der Waals surface area contributed by atoms with E-state index >= 15 is 0 Å². The number of hydrogen-bond donors (Lipinski definition) is 0. The van der Waals surface area contributed by atoms with Crippen LogP contribution in [0.3, 0.4) is 0 Å². The SMILES string of the molecule is FC1(F)CC1(C=Nc1cccc2ccccc12)c1ccccc1. The van der Waals surface area contributed by atoms with Crippen LogP contribution in [0.5, 0.6) is 0 Å². The van der Waals surface area contributed by atoms with Crippen molar-refractivity contribution in [1.29, 1.82) is 0 Å². The van der Waals surface area contributed by atoms with Gasteiger partial charge in [0.1, 0.15) is 0 Å². The van der Waals surface area contributed by atoms with Crippen molar-refractivity contribution in [2.45, 2.75) is 17.8 Å². The highest BCUT2D eigenvalue weighted by molar-refractivity contribution is 5.95. The molecule has 23 heavy (non-hydrogen) atoms. The number of benzene rings is 3. The van der Waals surface area contributed by atoms with E-state index in [1.807, 2.05) is 48.5 Å². The summed E-state index contributed by atoms with van der Waals surface area (Å²) in [6, 6.07) is 22.5. The van der Waals surface area contributed by atoms with E-state index in [0.29, 0.717) is 5.56 Å². The third-order valence-electron chi connectivity index (χ3n) is 4.51. The van der Waals surface area contributed by atoms with Gasteiger partial charge in [0.2, 0.25) is 0 Å². The zero-order valence-electron chi connectivity index (χ0n) is 12.4. The fourth-order valence-electron chi connectivity index (χ4n) is 3.07. The summed E-state index contributed by atoms with van der Waals surface area (Å²) in [5, 5.41) is 2.02. The lowest BCUT2D eigenvalue weighted by Crippen LogP contribution is -2.18. The molecule has 0 N–H and O–H groups in total. The van der Waals surface area contributed by atoms with Crippen LogP contribution in [0.2, 0.25) is 0 Å². The molecule has 0 saturated heterocycles. The van der Waals surface area contributed by atoms with Gasteiger partial charge in [0.25, 0.3) is 5.92 Å². The van der Waals surface area contributed by atoms with E-state index < -0.39 is 11.3 Å². The minimum absolute atomic E-state index is 0.182. The Morgan fingerprint density at radius 3 is 2.22 bits per heavy atom. The highest BCUT2D eigenvalue weighted by atomic mass is 19.3. The van der Waals surface area contributed by atoms with Gasteiger partial charge in [0.15, 0.2) is 0 Å². The van der Waals surface area contributed by atoms with Gasteiger partial charge in [-0.05, 0) is 17.0 Å².